The summed E-state index contributed by atoms with van der Waals surface area (Å²) in [5, 5.41) is 9.51. The van der Waals surface area contributed by atoms with Crippen molar-refractivity contribution in [2.45, 2.75) is 12.6 Å². The van der Waals surface area contributed by atoms with Gasteiger partial charge in [0.05, 0.1) is 5.69 Å². The molecule has 2 aliphatic heterocycles. The minimum absolute atomic E-state index is 0.0140. The van der Waals surface area contributed by atoms with Crippen LogP contribution in [0.15, 0.2) is 30.3 Å². The highest BCUT2D eigenvalue weighted by atomic mass is 32.2. The maximum absolute atomic E-state index is 14.4. The van der Waals surface area contributed by atoms with Crippen LogP contribution in [0.2, 0.25) is 0 Å². The number of halogens is 2. The van der Waals surface area contributed by atoms with Gasteiger partial charge in [-0.05, 0) is 30.7 Å². The average molecular weight is 423 g/mol. The molecule has 2 aromatic carbocycles. The smallest absolute Gasteiger partial charge is 0.301 e. The Morgan fingerprint density at radius 1 is 1.24 bits per heavy atom. The van der Waals surface area contributed by atoms with Gasteiger partial charge in [0.2, 0.25) is 6.79 Å². The fourth-order valence-corrected chi connectivity index (χ4v) is 4.30. The van der Waals surface area contributed by atoms with Gasteiger partial charge in [0.25, 0.3) is 0 Å². The van der Waals surface area contributed by atoms with Gasteiger partial charge in [-0.3, -0.25) is 4.72 Å². The van der Waals surface area contributed by atoms with Crippen molar-refractivity contribution >= 4 is 15.9 Å². The Bertz CT molecular complexity index is 1100. The summed E-state index contributed by atoms with van der Waals surface area (Å²) in [5.74, 6) is -0.238. The SMILES string of the molecule is N#Cc1c(NS(=O)(=O)N2CCC(F)C2)ccc(F)c1Oc1ccc2c(c1)OCO2. The lowest BCUT2D eigenvalue weighted by molar-refractivity contribution is 0.174. The Labute approximate surface area is 165 Å². The highest BCUT2D eigenvalue weighted by Gasteiger charge is 2.32. The van der Waals surface area contributed by atoms with E-state index in [0.717, 1.165) is 16.4 Å². The number of hydrogen-bond acceptors (Lipinski definition) is 6. The first-order valence-electron chi connectivity index (χ1n) is 8.59. The normalized spacial score (nSPS) is 18.4. The highest BCUT2D eigenvalue weighted by molar-refractivity contribution is 7.90. The molecule has 1 unspecified atom stereocenters. The van der Waals surface area contributed by atoms with Gasteiger partial charge in [0, 0.05) is 19.2 Å². The van der Waals surface area contributed by atoms with E-state index in [1.165, 1.54) is 12.1 Å². The molecule has 0 saturated carbocycles. The zero-order chi connectivity index (χ0) is 20.6. The summed E-state index contributed by atoms with van der Waals surface area (Å²) in [4.78, 5) is 0. The number of anilines is 1. The molecule has 2 aromatic rings. The zero-order valence-electron chi connectivity index (χ0n) is 14.9. The second kappa shape index (κ2) is 7.38. The summed E-state index contributed by atoms with van der Waals surface area (Å²) >= 11 is 0. The van der Waals surface area contributed by atoms with E-state index in [9.17, 15) is 22.5 Å². The molecule has 0 amide bonds. The fourth-order valence-electron chi connectivity index (χ4n) is 3.02. The van der Waals surface area contributed by atoms with Crippen LogP contribution in [0.3, 0.4) is 0 Å². The summed E-state index contributed by atoms with van der Waals surface area (Å²) in [6.45, 7) is -0.219. The van der Waals surface area contributed by atoms with E-state index in [1.54, 1.807) is 12.1 Å². The molecule has 1 atom stereocenters. The minimum Gasteiger partial charge on any atom is -0.454 e. The Morgan fingerprint density at radius 3 is 2.76 bits per heavy atom. The third-order valence-electron chi connectivity index (χ3n) is 4.46. The Balaban J connectivity index is 1.64. The van der Waals surface area contributed by atoms with Crippen molar-refractivity contribution in [2.75, 3.05) is 24.6 Å². The number of hydrogen-bond donors (Lipinski definition) is 1. The Morgan fingerprint density at radius 2 is 2.03 bits per heavy atom. The van der Waals surface area contributed by atoms with Gasteiger partial charge in [-0.2, -0.15) is 18.0 Å². The quantitative estimate of drug-likeness (QED) is 0.794. The van der Waals surface area contributed by atoms with Crippen LogP contribution < -0.4 is 18.9 Å². The molecule has 2 heterocycles. The Kier molecular flexibility index (Phi) is 4.89. The first kappa shape index (κ1) is 19.2. The molecular formula is C18H15F2N3O5S. The van der Waals surface area contributed by atoms with Crippen molar-refractivity contribution in [1.29, 1.82) is 5.26 Å². The second-order valence-electron chi connectivity index (χ2n) is 6.38. The lowest BCUT2D eigenvalue weighted by atomic mass is 10.1. The van der Waals surface area contributed by atoms with Crippen molar-refractivity contribution in [3.63, 3.8) is 0 Å². The molecule has 2 aliphatic rings. The maximum atomic E-state index is 14.4. The summed E-state index contributed by atoms with van der Waals surface area (Å²) < 4.78 is 71.8. The average Bonchev–Trinajstić information content (AvgIpc) is 3.33. The third-order valence-corrected chi connectivity index (χ3v) is 5.95. The Hall–Kier alpha value is -3.10. The van der Waals surface area contributed by atoms with Crippen LogP contribution in [0.25, 0.3) is 0 Å². The van der Waals surface area contributed by atoms with E-state index in [4.69, 9.17) is 14.2 Å². The van der Waals surface area contributed by atoms with Crippen molar-refractivity contribution in [2.24, 2.45) is 0 Å². The second-order valence-corrected chi connectivity index (χ2v) is 8.05. The largest absolute Gasteiger partial charge is 0.454 e. The molecule has 11 heteroatoms. The number of rotatable bonds is 5. The lowest BCUT2D eigenvalue weighted by Gasteiger charge is -2.18. The van der Waals surface area contributed by atoms with E-state index in [0.29, 0.717) is 11.5 Å². The molecular weight excluding hydrogens is 408 g/mol. The molecule has 0 aromatic heterocycles. The van der Waals surface area contributed by atoms with Crippen LogP contribution in [0, 0.1) is 17.1 Å². The summed E-state index contributed by atoms with van der Waals surface area (Å²) in [6, 6.07) is 8.37. The lowest BCUT2D eigenvalue weighted by Crippen LogP contribution is -2.34. The van der Waals surface area contributed by atoms with Crippen molar-refractivity contribution in [1.82, 2.24) is 4.31 Å². The summed E-state index contributed by atoms with van der Waals surface area (Å²) in [5.41, 5.74) is -0.519. The van der Waals surface area contributed by atoms with Crippen molar-refractivity contribution in [3.05, 3.63) is 41.7 Å². The number of benzene rings is 2. The standard InChI is InChI=1S/C18H15F2N3O5S/c19-11-5-6-23(9-11)29(24,25)22-15-3-2-14(20)18(13(15)8-21)28-12-1-4-16-17(7-12)27-10-26-16/h1-4,7,11,22H,5-6,9-10H2. The van der Waals surface area contributed by atoms with Gasteiger partial charge in [-0.25, -0.2) is 8.78 Å². The number of alkyl halides is 1. The molecule has 1 saturated heterocycles. The zero-order valence-corrected chi connectivity index (χ0v) is 15.7. The molecule has 0 aliphatic carbocycles. The van der Waals surface area contributed by atoms with Crippen molar-refractivity contribution < 1.29 is 31.4 Å². The molecule has 1 fully saturated rings. The molecule has 29 heavy (non-hydrogen) atoms. The van der Waals surface area contributed by atoms with Crippen LogP contribution in [-0.2, 0) is 10.2 Å². The van der Waals surface area contributed by atoms with Crippen LogP contribution in [0.5, 0.6) is 23.0 Å². The van der Waals surface area contributed by atoms with E-state index >= 15 is 0 Å². The first-order chi connectivity index (χ1) is 13.9. The summed E-state index contributed by atoms with van der Waals surface area (Å²) in [6.07, 6.45) is -1.16. The van der Waals surface area contributed by atoms with Gasteiger partial charge in [-0.15, -0.1) is 0 Å². The number of nitrogens with one attached hydrogen (secondary N) is 1. The van der Waals surface area contributed by atoms with Gasteiger partial charge in [0.15, 0.2) is 23.1 Å². The van der Waals surface area contributed by atoms with Crippen LogP contribution in [0.4, 0.5) is 14.5 Å². The molecule has 4 rings (SSSR count). The monoisotopic (exact) mass is 423 g/mol. The molecule has 152 valence electrons. The van der Waals surface area contributed by atoms with Gasteiger partial charge in [0.1, 0.15) is 23.6 Å². The predicted molar refractivity (Wildman–Crippen MR) is 97.4 cm³/mol. The molecule has 1 N–H and O–H groups in total. The molecule has 0 spiro atoms. The fraction of sp³-hybridized carbons (Fsp3) is 0.278. The van der Waals surface area contributed by atoms with Crippen LogP contribution in [0.1, 0.15) is 12.0 Å². The molecule has 8 nitrogen and oxygen atoms in total. The predicted octanol–water partition coefficient (Wildman–Crippen LogP) is 2.92. The van der Waals surface area contributed by atoms with E-state index in [1.807, 2.05) is 0 Å². The topological polar surface area (TPSA) is 101 Å². The number of nitriles is 1. The minimum atomic E-state index is -4.11. The number of nitrogens with zero attached hydrogens (tertiary/aromatic N) is 2. The number of fused-ring (bicyclic) bond motifs is 1. The maximum Gasteiger partial charge on any atom is 0.301 e. The van der Waals surface area contributed by atoms with Gasteiger partial charge >= 0.3 is 10.2 Å². The van der Waals surface area contributed by atoms with Gasteiger partial charge < -0.3 is 14.2 Å². The number of ether oxygens (including phenoxy) is 3. The van der Waals surface area contributed by atoms with Crippen molar-refractivity contribution in [3.8, 4) is 29.1 Å². The van der Waals surface area contributed by atoms with E-state index in [2.05, 4.69) is 4.72 Å². The summed E-state index contributed by atoms with van der Waals surface area (Å²) in [7, 11) is -4.11. The van der Waals surface area contributed by atoms with Gasteiger partial charge in [-0.1, -0.05) is 0 Å². The molecule has 0 radical (unpaired) electrons. The first-order valence-corrected chi connectivity index (χ1v) is 10.0. The third kappa shape index (κ3) is 3.76. The van der Waals surface area contributed by atoms with E-state index < -0.39 is 27.9 Å². The van der Waals surface area contributed by atoms with E-state index in [-0.39, 0.29) is 43.3 Å². The van der Waals surface area contributed by atoms with Crippen LogP contribution >= 0.6 is 0 Å². The van der Waals surface area contributed by atoms with Crippen LogP contribution in [-0.4, -0.2) is 38.8 Å². The molecule has 0 bridgehead atoms. The highest BCUT2D eigenvalue weighted by Crippen LogP contribution is 2.39.